The maximum Gasteiger partial charge on any atom is 0.416 e. The molecule has 4 rings (SSSR count). The zero-order chi connectivity index (χ0) is 28.5. The molecule has 0 atom stereocenters. The lowest BCUT2D eigenvalue weighted by atomic mass is 10.1. The van der Waals surface area contributed by atoms with Crippen molar-refractivity contribution in [3.05, 3.63) is 77.0 Å². The van der Waals surface area contributed by atoms with Gasteiger partial charge in [-0.25, -0.2) is 9.97 Å². The number of carbonyl (C=O) groups excluding carboxylic acids is 1. The Balaban J connectivity index is 1.39. The lowest BCUT2D eigenvalue weighted by Gasteiger charge is -2.37. The molecule has 12 heteroatoms. The molecule has 0 radical (unpaired) electrons. The average molecular weight is 576 g/mol. The van der Waals surface area contributed by atoms with Crippen LogP contribution < -0.4 is 15.1 Å². The number of hydrogen-bond acceptors (Lipinski definition) is 8. The van der Waals surface area contributed by atoms with Crippen LogP contribution in [0, 0.1) is 0 Å². The predicted octanol–water partition coefficient (Wildman–Crippen LogP) is 4.64. The van der Waals surface area contributed by atoms with Gasteiger partial charge in [-0.15, -0.1) is 0 Å². The third-order valence-corrected chi connectivity index (χ3v) is 7.27. The first kappa shape index (κ1) is 29.6. The van der Waals surface area contributed by atoms with Crippen molar-refractivity contribution in [3.8, 4) is 0 Å². The van der Waals surface area contributed by atoms with Gasteiger partial charge in [-0.3, -0.25) is 4.79 Å². The van der Waals surface area contributed by atoms with Crippen molar-refractivity contribution in [3.63, 3.8) is 0 Å². The summed E-state index contributed by atoms with van der Waals surface area (Å²) in [5.41, 5.74) is 2.27. The van der Waals surface area contributed by atoms with Gasteiger partial charge in [0.25, 0.3) is 5.91 Å². The fraction of sp³-hybridized carbons (Fsp3) is 0.393. The standard InChI is InChI=1S/C28H32F3N5O3S/c1-38-15-10-32-26(37)21-8-6-20(7-9-21)19-40-27-33-23(18-39-2)17-25(34-27)36-13-11-35(12-14-36)24-5-3-4-22(16-24)28(29,30)31/h3-9,16-17H,10-15,18-19H2,1-2H3,(H,32,37). The van der Waals surface area contributed by atoms with Crippen molar-refractivity contribution in [2.45, 2.75) is 23.7 Å². The van der Waals surface area contributed by atoms with Crippen LogP contribution in [0.4, 0.5) is 24.7 Å². The van der Waals surface area contributed by atoms with Gasteiger partial charge in [-0.2, -0.15) is 13.2 Å². The molecule has 8 nitrogen and oxygen atoms in total. The molecule has 3 aromatic rings. The second-order valence-corrected chi connectivity index (χ2v) is 10.1. The highest BCUT2D eigenvalue weighted by Gasteiger charge is 2.31. The minimum absolute atomic E-state index is 0.148. The zero-order valence-electron chi connectivity index (χ0n) is 22.4. The summed E-state index contributed by atoms with van der Waals surface area (Å²) < 4.78 is 49.7. The van der Waals surface area contributed by atoms with Crippen LogP contribution in [0.3, 0.4) is 0 Å². The first-order valence-corrected chi connectivity index (χ1v) is 13.8. The quantitative estimate of drug-likeness (QED) is 0.201. The SMILES string of the molecule is COCCNC(=O)c1ccc(CSc2nc(COC)cc(N3CCN(c4cccc(C(F)(F)F)c4)CC3)n2)cc1. The highest BCUT2D eigenvalue weighted by molar-refractivity contribution is 7.98. The van der Waals surface area contributed by atoms with E-state index in [2.05, 4.69) is 15.2 Å². The topological polar surface area (TPSA) is 79.8 Å². The number of piperazine rings is 1. The molecule has 0 bridgehead atoms. The fourth-order valence-corrected chi connectivity index (χ4v) is 5.08. The number of carbonyl (C=O) groups is 1. The number of alkyl halides is 3. The van der Waals surface area contributed by atoms with Crippen LogP contribution in [0.5, 0.6) is 0 Å². The van der Waals surface area contributed by atoms with Crippen LogP contribution >= 0.6 is 11.8 Å². The van der Waals surface area contributed by atoms with Crippen molar-refractivity contribution >= 4 is 29.2 Å². The van der Waals surface area contributed by atoms with Crippen LogP contribution in [0.25, 0.3) is 0 Å². The molecule has 2 heterocycles. The Morgan fingerprint density at radius 1 is 0.975 bits per heavy atom. The molecule has 40 heavy (non-hydrogen) atoms. The van der Waals surface area contributed by atoms with E-state index in [4.69, 9.17) is 14.5 Å². The van der Waals surface area contributed by atoms with E-state index in [0.717, 1.165) is 23.1 Å². The minimum atomic E-state index is -4.37. The molecule has 0 spiro atoms. The number of halogens is 3. The largest absolute Gasteiger partial charge is 0.416 e. The first-order chi connectivity index (χ1) is 19.3. The first-order valence-electron chi connectivity index (χ1n) is 12.8. The molecule has 1 N–H and O–H groups in total. The monoisotopic (exact) mass is 575 g/mol. The van der Waals surface area contributed by atoms with Gasteiger partial charge in [0.15, 0.2) is 5.16 Å². The summed E-state index contributed by atoms with van der Waals surface area (Å²) in [5, 5.41) is 3.40. The van der Waals surface area contributed by atoms with Crippen molar-refractivity contribution in [1.29, 1.82) is 0 Å². The van der Waals surface area contributed by atoms with Gasteiger partial charge in [0.1, 0.15) is 5.82 Å². The van der Waals surface area contributed by atoms with E-state index >= 15 is 0 Å². The summed E-state index contributed by atoms with van der Waals surface area (Å²) in [6.07, 6.45) is -4.37. The molecule has 1 aromatic heterocycles. The molecule has 0 saturated carbocycles. The summed E-state index contributed by atoms with van der Waals surface area (Å²) in [5.74, 6) is 1.23. The highest BCUT2D eigenvalue weighted by Crippen LogP contribution is 2.32. The maximum absolute atomic E-state index is 13.2. The normalized spacial score (nSPS) is 13.9. The number of thioether (sulfide) groups is 1. The Kier molecular flexibility index (Phi) is 10.2. The van der Waals surface area contributed by atoms with E-state index in [1.165, 1.54) is 23.9 Å². The number of methoxy groups -OCH3 is 2. The second-order valence-electron chi connectivity index (χ2n) is 9.19. The number of ether oxygens (including phenoxy) is 2. The summed E-state index contributed by atoms with van der Waals surface area (Å²) in [6.45, 7) is 3.59. The molecular weight excluding hydrogens is 543 g/mol. The van der Waals surface area contributed by atoms with Gasteiger partial charge >= 0.3 is 6.18 Å². The van der Waals surface area contributed by atoms with E-state index in [-0.39, 0.29) is 5.91 Å². The van der Waals surface area contributed by atoms with Crippen molar-refractivity contribution in [1.82, 2.24) is 15.3 Å². The molecule has 2 aromatic carbocycles. The summed E-state index contributed by atoms with van der Waals surface area (Å²) >= 11 is 1.49. The van der Waals surface area contributed by atoms with Crippen LogP contribution in [0.2, 0.25) is 0 Å². The summed E-state index contributed by atoms with van der Waals surface area (Å²) in [4.78, 5) is 25.7. The molecule has 0 unspecified atom stereocenters. The van der Waals surface area contributed by atoms with Crippen molar-refractivity contribution < 1.29 is 27.4 Å². The fourth-order valence-electron chi connectivity index (χ4n) is 4.25. The number of amides is 1. The molecular formula is C28H32F3N5O3S. The highest BCUT2D eigenvalue weighted by atomic mass is 32.2. The second kappa shape index (κ2) is 13.8. The summed E-state index contributed by atoms with van der Waals surface area (Å²) in [6, 6.07) is 14.7. The van der Waals surface area contributed by atoms with Crippen LogP contribution in [0.1, 0.15) is 27.2 Å². The summed E-state index contributed by atoms with van der Waals surface area (Å²) in [7, 11) is 3.19. The Labute approximate surface area is 235 Å². The van der Waals surface area contributed by atoms with E-state index in [9.17, 15) is 18.0 Å². The number of nitrogens with one attached hydrogen (secondary N) is 1. The van der Waals surface area contributed by atoms with E-state index in [0.29, 0.717) is 68.1 Å². The van der Waals surface area contributed by atoms with Gasteiger partial charge in [-0.1, -0.05) is 30.0 Å². The Morgan fingerprint density at radius 3 is 2.38 bits per heavy atom. The Bertz CT molecular complexity index is 1270. The van der Waals surface area contributed by atoms with Gasteiger partial charge in [0.05, 0.1) is 24.5 Å². The Hall–Kier alpha value is -3.35. The van der Waals surface area contributed by atoms with Crippen molar-refractivity contribution in [2.75, 3.05) is 63.4 Å². The lowest BCUT2D eigenvalue weighted by Crippen LogP contribution is -2.47. The third kappa shape index (κ3) is 8.09. The molecule has 1 aliphatic heterocycles. The van der Waals surface area contributed by atoms with E-state index in [1.54, 1.807) is 32.4 Å². The van der Waals surface area contributed by atoms with E-state index < -0.39 is 11.7 Å². The van der Waals surface area contributed by atoms with Crippen LogP contribution in [-0.4, -0.2) is 69.4 Å². The van der Waals surface area contributed by atoms with Crippen molar-refractivity contribution in [2.24, 2.45) is 0 Å². The van der Waals surface area contributed by atoms with Gasteiger partial charge in [0.2, 0.25) is 0 Å². The molecule has 1 fully saturated rings. The average Bonchev–Trinajstić information content (AvgIpc) is 2.96. The molecule has 0 aliphatic carbocycles. The van der Waals surface area contributed by atoms with Crippen LogP contribution in [0.15, 0.2) is 59.8 Å². The number of anilines is 2. The van der Waals surface area contributed by atoms with E-state index in [1.807, 2.05) is 23.1 Å². The molecule has 1 aliphatic rings. The van der Waals surface area contributed by atoms with Gasteiger partial charge < -0.3 is 24.6 Å². The predicted molar refractivity (Wildman–Crippen MR) is 149 cm³/mol. The number of hydrogen-bond donors (Lipinski definition) is 1. The lowest BCUT2D eigenvalue weighted by molar-refractivity contribution is -0.137. The number of rotatable bonds is 11. The number of aromatic nitrogens is 2. The smallest absolute Gasteiger partial charge is 0.383 e. The van der Waals surface area contributed by atoms with Gasteiger partial charge in [-0.05, 0) is 35.9 Å². The Morgan fingerprint density at radius 2 is 1.70 bits per heavy atom. The molecule has 214 valence electrons. The van der Waals surface area contributed by atoms with Crippen LogP contribution in [-0.2, 0) is 28.0 Å². The minimum Gasteiger partial charge on any atom is -0.383 e. The third-order valence-electron chi connectivity index (χ3n) is 6.36. The van der Waals surface area contributed by atoms with Gasteiger partial charge in [0, 0.05) is 70.0 Å². The molecule has 1 amide bonds. The zero-order valence-corrected chi connectivity index (χ0v) is 23.2. The maximum atomic E-state index is 13.2. The number of nitrogens with zero attached hydrogens (tertiary/aromatic N) is 4. The molecule has 1 saturated heterocycles. The number of benzene rings is 2.